The van der Waals surface area contributed by atoms with Gasteiger partial charge in [-0.2, -0.15) is 0 Å². The van der Waals surface area contributed by atoms with Crippen LogP contribution >= 0.6 is 0 Å². The minimum Gasteiger partial charge on any atom is -0.343 e. The van der Waals surface area contributed by atoms with Gasteiger partial charge in [0, 0.05) is 29.8 Å². The molecule has 0 aliphatic carbocycles. The lowest BCUT2D eigenvalue weighted by Gasteiger charge is -1.96. The van der Waals surface area contributed by atoms with E-state index in [0.717, 1.165) is 23.4 Å². The van der Waals surface area contributed by atoms with Crippen molar-refractivity contribution in [3.8, 4) is 11.8 Å². The number of benzene rings is 1. The van der Waals surface area contributed by atoms with Crippen LogP contribution < -0.4 is 0 Å². The number of aryl methyl sites for hydroxylation is 1. The number of carbonyl (C=O) groups excluding carboxylic acids is 1. The van der Waals surface area contributed by atoms with Gasteiger partial charge >= 0.3 is 0 Å². The fourth-order valence-electron chi connectivity index (χ4n) is 2.43. The summed E-state index contributed by atoms with van der Waals surface area (Å²) in [7, 11) is 0. The third-order valence-electron chi connectivity index (χ3n) is 3.44. The molecule has 0 N–H and O–H groups in total. The molecule has 1 aromatic carbocycles. The normalized spacial score (nSPS) is 16.9. The van der Waals surface area contributed by atoms with Crippen molar-refractivity contribution in [2.75, 3.05) is 0 Å². The summed E-state index contributed by atoms with van der Waals surface area (Å²) in [6.07, 6.45) is 1.97. The first-order valence-corrected chi connectivity index (χ1v) is 6.46. The maximum Gasteiger partial charge on any atom is 0.183 e. The van der Waals surface area contributed by atoms with Crippen molar-refractivity contribution < 1.29 is 4.79 Å². The highest BCUT2D eigenvalue weighted by molar-refractivity contribution is 5.98. The molecule has 2 aromatic rings. The van der Waals surface area contributed by atoms with E-state index in [0.29, 0.717) is 0 Å². The molecule has 1 unspecified atom stereocenters. The van der Waals surface area contributed by atoms with E-state index >= 15 is 0 Å². The Bertz CT molecular complexity index is 712. The third-order valence-corrected chi connectivity index (χ3v) is 3.44. The lowest BCUT2D eigenvalue weighted by molar-refractivity contribution is 0.0946. The van der Waals surface area contributed by atoms with Gasteiger partial charge in [0.25, 0.3) is 0 Å². The Morgan fingerprint density at radius 2 is 2.00 bits per heavy atom. The molecule has 2 heteroatoms. The second-order valence-corrected chi connectivity index (χ2v) is 5.15. The van der Waals surface area contributed by atoms with Crippen LogP contribution in [0, 0.1) is 24.7 Å². The molecule has 1 aliphatic rings. The highest BCUT2D eigenvalue weighted by Gasteiger charge is 2.27. The first kappa shape index (κ1) is 11.8. The number of rotatable bonds is 0. The molecular formula is C17H15NO. The van der Waals surface area contributed by atoms with E-state index in [1.807, 2.05) is 35.9 Å². The molecule has 2 nitrogen and oxygen atoms in total. The summed E-state index contributed by atoms with van der Waals surface area (Å²) in [6, 6.07) is 10.0. The highest BCUT2D eigenvalue weighted by Crippen LogP contribution is 2.22. The Kier molecular flexibility index (Phi) is 2.76. The fraction of sp³-hybridized carbons (Fsp3) is 0.235. The molecule has 1 atom stereocenters. The van der Waals surface area contributed by atoms with E-state index in [-0.39, 0.29) is 11.7 Å². The molecule has 0 saturated carbocycles. The molecule has 19 heavy (non-hydrogen) atoms. The zero-order chi connectivity index (χ0) is 13.4. The summed E-state index contributed by atoms with van der Waals surface area (Å²) in [5, 5.41) is 0. The summed E-state index contributed by atoms with van der Waals surface area (Å²) in [6.45, 7) is 4.80. The Balaban J connectivity index is 1.89. The minimum absolute atomic E-state index is 0.105. The van der Waals surface area contributed by atoms with Crippen LogP contribution in [-0.2, 0) is 6.54 Å². The average molecular weight is 249 g/mol. The van der Waals surface area contributed by atoms with Gasteiger partial charge in [-0.3, -0.25) is 4.79 Å². The van der Waals surface area contributed by atoms with Gasteiger partial charge in [-0.1, -0.05) is 30.9 Å². The molecule has 3 rings (SSSR count). The van der Waals surface area contributed by atoms with Gasteiger partial charge in [-0.05, 0) is 30.7 Å². The summed E-state index contributed by atoms with van der Waals surface area (Å²) >= 11 is 0. The van der Waals surface area contributed by atoms with Crippen LogP contribution in [0.1, 0.15) is 34.1 Å². The average Bonchev–Trinajstić information content (AvgIpc) is 2.88. The van der Waals surface area contributed by atoms with Crippen molar-refractivity contribution in [1.82, 2.24) is 4.57 Å². The van der Waals surface area contributed by atoms with E-state index < -0.39 is 0 Å². The van der Waals surface area contributed by atoms with Crippen molar-refractivity contribution in [1.29, 1.82) is 0 Å². The van der Waals surface area contributed by atoms with Gasteiger partial charge in [0.2, 0.25) is 0 Å². The van der Waals surface area contributed by atoms with Crippen LogP contribution in [0.3, 0.4) is 0 Å². The Morgan fingerprint density at radius 1 is 1.21 bits per heavy atom. The number of fused-ring (bicyclic) bond motifs is 1. The maximum absolute atomic E-state index is 11.9. The number of nitrogens with zero attached hydrogens (tertiary/aromatic N) is 1. The zero-order valence-electron chi connectivity index (χ0n) is 11.1. The first-order chi connectivity index (χ1) is 9.13. The van der Waals surface area contributed by atoms with E-state index in [9.17, 15) is 4.79 Å². The van der Waals surface area contributed by atoms with Gasteiger partial charge in [0.1, 0.15) is 0 Å². The van der Waals surface area contributed by atoms with Crippen LogP contribution in [0.5, 0.6) is 0 Å². The van der Waals surface area contributed by atoms with Crippen molar-refractivity contribution in [3.05, 3.63) is 58.9 Å². The monoisotopic (exact) mass is 249 g/mol. The van der Waals surface area contributed by atoms with Crippen LogP contribution in [0.25, 0.3) is 0 Å². The second kappa shape index (κ2) is 4.44. The summed E-state index contributed by atoms with van der Waals surface area (Å²) in [5.41, 5.74) is 3.92. The van der Waals surface area contributed by atoms with Crippen LogP contribution in [0.2, 0.25) is 0 Å². The molecule has 0 saturated heterocycles. The third kappa shape index (κ3) is 2.20. The Morgan fingerprint density at radius 3 is 2.74 bits per heavy atom. The quantitative estimate of drug-likeness (QED) is 0.658. The van der Waals surface area contributed by atoms with E-state index in [1.165, 1.54) is 5.56 Å². The standard InChI is InChI=1S/C17H15NO/c1-12-4-3-5-14(8-12)6-7-15-9-16-17(19)13(2)10-18(16)11-15/h3-5,8-9,11,13H,10H2,1-2H3. The van der Waals surface area contributed by atoms with Crippen molar-refractivity contribution in [2.45, 2.75) is 20.4 Å². The van der Waals surface area contributed by atoms with Gasteiger partial charge < -0.3 is 4.57 Å². The molecule has 94 valence electrons. The zero-order valence-corrected chi connectivity index (χ0v) is 11.1. The van der Waals surface area contributed by atoms with Crippen molar-refractivity contribution >= 4 is 5.78 Å². The predicted molar refractivity (Wildman–Crippen MR) is 75.1 cm³/mol. The number of ketones is 1. The SMILES string of the molecule is Cc1cccc(C#Cc2cc3n(c2)CC(C)C3=O)c1. The lowest BCUT2D eigenvalue weighted by atomic mass is 10.1. The number of hydrogen-bond donors (Lipinski definition) is 0. The highest BCUT2D eigenvalue weighted by atomic mass is 16.1. The summed E-state index contributed by atoms with van der Waals surface area (Å²) in [4.78, 5) is 11.9. The number of hydrogen-bond acceptors (Lipinski definition) is 1. The van der Waals surface area contributed by atoms with Gasteiger partial charge in [-0.15, -0.1) is 0 Å². The molecule has 0 bridgehead atoms. The Hall–Kier alpha value is -2.27. The molecule has 0 spiro atoms. The van der Waals surface area contributed by atoms with Gasteiger partial charge in [-0.25, -0.2) is 0 Å². The van der Waals surface area contributed by atoms with E-state index in [1.54, 1.807) is 0 Å². The molecule has 2 heterocycles. The largest absolute Gasteiger partial charge is 0.343 e. The number of carbonyl (C=O) groups is 1. The van der Waals surface area contributed by atoms with Crippen molar-refractivity contribution in [3.63, 3.8) is 0 Å². The van der Waals surface area contributed by atoms with Crippen LogP contribution in [0.15, 0.2) is 36.5 Å². The van der Waals surface area contributed by atoms with Crippen molar-refractivity contribution in [2.24, 2.45) is 5.92 Å². The van der Waals surface area contributed by atoms with E-state index in [2.05, 4.69) is 30.9 Å². The molecular weight excluding hydrogens is 234 g/mol. The van der Waals surface area contributed by atoms with Crippen LogP contribution in [-0.4, -0.2) is 10.4 Å². The summed E-state index contributed by atoms with van der Waals surface area (Å²) < 4.78 is 2.01. The first-order valence-electron chi connectivity index (χ1n) is 6.46. The molecule has 0 fully saturated rings. The fourth-order valence-corrected chi connectivity index (χ4v) is 2.43. The summed E-state index contributed by atoms with van der Waals surface area (Å²) in [5.74, 6) is 6.60. The molecule has 1 aromatic heterocycles. The lowest BCUT2D eigenvalue weighted by Crippen LogP contribution is -2.03. The number of Topliss-reactive ketones (excluding diaryl/α,β-unsaturated/α-hetero) is 1. The smallest absolute Gasteiger partial charge is 0.183 e. The molecule has 1 aliphatic heterocycles. The topological polar surface area (TPSA) is 22.0 Å². The second-order valence-electron chi connectivity index (χ2n) is 5.15. The maximum atomic E-state index is 11.9. The van der Waals surface area contributed by atoms with Gasteiger partial charge in [0.15, 0.2) is 5.78 Å². The Labute approximate surface area is 113 Å². The molecule has 0 radical (unpaired) electrons. The predicted octanol–water partition coefficient (Wildman–Crippen LogP) is 3.03. The van der Waals surface area contributed by atoms with Gasteiger partial charge in [0.05, 0.1) is 5.69 Å². The van der Waals surface area contributed by atoms with Crippen LogP contribution in [0.4, 0.5) is 0 Å². The molecule has 0 amide bonds. The van der Waals surface area contributed by atoms with E-state index in [4.69, 9.17) is 0 Å². The number of aromatic nitrogens is 1. The minimum atomic E-state index is 0.105.